The maximum absolute atomic E-state index is 9.66. The molecule has 3 N–H and O–H groups in total. The largest absolute Gasteiger partial charge is 0.506 e. The van der Waals surface area contributed by atoms with E-state index in [2.05, 4.69) is 20.8 Å². The Morgan fingerprint density at radius 3 is 3.00 bits per heavy atom. The van der Waals surface area contributed by atoms with E-state index in [1.165, 1.54) is 0 Å². The average Bonchev–Trinajstić information content (AvgIpc) is 2.91. The molecule has 3 rings (SSSR count). The summed E-state index contributed by atoms with van der Waals surface area (Å²) in [6.45, 7) is 1.92. The number of piperidine rings is 1. The molecule has 0 saturated carbocycles. The first-order chi connectivity index (χ1) is 9.33. The molecule has 6 heteroatoms. The van der Waals surface area contributed by atoms with Crippen LogP contribution in [0.1, 0.15) is 24.7 Å². The minimum Gasteiger partial charge on any atom is -0.506 e. The van der Waals surface area contributed by atoms with Gasteiger partial charge >= 0.3 is 6.01 Å². The van der Waals surface area contributed by atoms with Crippen molar-refractivity contribution in [3.63, 3.8) is 0 Å². The SMILES string of the molecule is Oc1ccccc1Nc1nnc(C2CCCNC2)o1. The van der Waals surface area contributed by atoms with Gasteiger partial charge in [-0.05, 0) is 31.5 Å². The number of hydrogen-bond acceptors (Lipinski definition) is 6. The summed E-state index contributed by atoms with van der Waals surface area (Å²) >= 11 is 0. The van der Waals surface area contributed by atoms with Crippen molar-refractivity contribution in [1.29, 1.82) is 0 Å². The highest BCUT2D eigenvalue weighted by Crippen LogP contribution is 2.27. The minimum absolute atomic E-state index is 0.154. The summed E-state index contributed by atoms with van der Waals surface area (Å²) in [5.41, 5.74) is 0.555. The van der Waals surface area contributed by atoms with E-state index in [9.17, 15) is 5.11 Å². The van der Waals surface area contributed by atoms with Gasteiger partial charge in [-0.1, -0.05) is 17.2 Å². The zero-order chi connectivity index (χ0) is 13.1. The third-order valence-electron chi connectivity index (χ3n) is 3.23. The monoisotopic (exact) mass is 260 g/mol. The second-order valence-electron chi connectivity index (χ2n) is 4.63. The molecule has 1 fully saturated rings. The number of para-hydroxylation sites is 2. The van der Waals surface area contributed by atoms with Gasteiger partial charge in [0.05, 0.1) is 5.69 Å². The summed E-state index contributed by atoms with van der Waals surface area (Å²) in [4.78, 5) is 0. The molecule has 2 aromatic rings. The number of rotatable bonds is 3. The van der Waals surface area contributed by atoms with E-state index >= 15 is 0 Å². The minimum atomic E-state index is 0.154. The van der Waals surface area contributed by atoms with Crippen molar-refractivity contribution in [3.8, 4) is 5.75 Å². The van der Waals surface area contributed by atoms with Crippen molar-refractivity contribution in [2.24, 2.45) is 0 Å². The lowest BCUT2D eigenvalue weighted by atomic mass is 10.00. The van der Waals surface area contributed by atoms with Gasteiger partial charge in [0.2, 0.25) is 5.89 Å². The van der Waals surface area contributed by atoms with Gasteiger partial charge in [-0.2, -0.15) is 0 Å². The highest BCUT2D eigenvalue weighted by Gasteiger charge is 2.21. The molecule has 1 unspecified atom stereocenters. The normalized spacial score (nSPS) is 19.3. The fraction of sp³-hybridized carbons (Fsp3) is 0.385. The summed E-state index contributed by atoms with van der Waals surface area (Å²) in [6, 6.07) is 7.24. The first kappa shape index (κ1) is 12.0. The molecule has 0 bridgehead atoms. The molecule has 1 atom stereocenters. The first-order valence-corrected chi connectivity index (χ1v) is 6.42. The van der Waals surface area contributed by atoms with Gasteiger partial charge in [0.1, 0.15) is 5.75 Å². The van der Waals surface area contributed by atoms with Crippen LogP contribution in [-0.2, 0) is 0 Å². The standard InChI is InChI=1S/C13H16N4O2/c18-11-6-2-1-5-10(11)15-13-17-16-12(19-13)9-4-3-7-14-8-9/h1-2,5-6,9,14,18H,3-4,7-8H2,(H,15,17). The zero-order valence-corrected chi connectivity index (χ0v) is 10.5. The van der Waals surface area contributed by atoms with E-state index in [1.807, 2.05) is 6.07 Å². The van der Waals surface area contributed by atoms with Crippen LogP contribution in [-0.4, -0.2) is 28.4 Å². The lowest BCUT2D eigenvalue weighted by Gasteiger charge is -2.18. The smallest absolute Gasteiger partial charge is 0.320 e. The molecule has 1 aromatic carbocycles. The summed E-state index contributed by atoms with van der Waals surface area (Å²) in [5.74, 6) is 1.08. The molecule has 0 radical (unpaired) electrons. The Bertz CT molecular complexity index is 549. The number of nitrogens with zero attached hydrogens (tertiary/aromatic N) is 2. The summed E-state index contributed by atoms with van der Waals surface area (Å²) in [7, 11) is 0. The van der Waals surface area contributed by atoms with E-state index in [4.69, 9.17) is 4.42 Å². The van der Waals surface area contributed by atoms with Crippen LogP contribution < -0.4 is 10.6 Å². The van der Waals surface area contributed by atoms with Crippen LogP contribution in [0.4, 0.5) is 11.7 Å². The number of phenolic OH excluding ortho intramolecular Hbond substituents is 1. The number of phenols is 1. The Balaban J connectivity index is 1.73. The van der Waals surface area contributed by atoms with E-state index in [1.54, 1.807) is 18.2 Å². The molecule has 100 valence electrons. The lowest BCUT2D eigenvalue weighted by molar-refractivity contribution is 0.381. The Labute approximate surface area is 110 Å². The molecule has 0 amide bonds. The fourth-order valence-corrected chi connectivity index (χ4v) is 2.21. The molecule has 1 aliphatic rings. The number of hydrogen-bond donors (Lipinski definition) is 3. The molecule has 2 heterocycles. The van der Waals surface area contributed by atoms with Crippen LogP contribution >= 0.6 is 0 Å². The quantitative estimate of drug-likeness (QED) is 0.732. The number of aromatic nitrogens is 2. The van der Waals surface area contributed by atoms with Crippen molar-refractivity contribution < 1.29 is 9.52 Å². The highest BCUT2D eigenvalue weighted by molar-refractivity contribution is 5.60. The molecule has 1 saturated heterocycles. The number of nitrogens with one attached hydrogen (secondary N) is 2. The second kappa shape index (κ2) is 5.27. The maximum Gasteiger partial charge on any atom is 0.320 e. The summed E-state index contributed by atoms with van der Waals surface area (Å²) in [5, 5.41) is 23.9. The van der Waals surface area contributed by atoms with Crippen molar-refractivity contribution in [1.82, 2.24) is 15.5 Å². The van der Waals surface area contributed by atoms with Crippen LogP contribution in [0.5, 0.6) is 5.75 Å². The van der Waals surface area contributed by atoms with E-state index < -0.39 is 0 Å². The lowest BCUT2D eigenvalue weighted by Crippen LogP contribution is -2.28. The zero-order valence-electron chi connectivity index (χ0n) is 10.5. The molecule has 1 aromatic heterocycles. The number of benzene rings is 1. The Morgan fingerprint density at radius 2 is 2.21 bits per heavy atom. The van der Waals surface area contributed by atoms with Crippen LogP contribution in [0.2, 0.25) is 0 Å². The van der Waals surface area contributed by atoms with Gasteiger partial charge in [-0.25, -0.2) is 0 Å². The van der Waals surface area contributed by atoms with E-state index in [0.29, 0.717) is 17.6 Å². The van der Waals surface area contributed by atoms with Gasteiger partial charge in [0.25, 0.3) is 0 Å². The number of aromatic hydroxyl groups is 1. The Hall–Kier alpha value is -2.08. The fourth-order valence-electron chi connectivity index (χ4n) is 2.21. The summed E-state index contributed by atoms with van der Waals surface area (Å²) in [6.07, 6.45) is 2.18. The third kappa shape index (κ3) is 2.68. The third-order valence-corrected chi connectivity index (χ3v) is 3.23. The first-order valence-electron chi connectivity index (χ1n) is 6.42. The van der Waals surface area contributed by atoms with Crippen LogP contribution in [0.25, 0.3) is 0 Å². The molecule has 0 spiro atoms. The molecule has 19 heavy (non-hydrogen) atoms. The molecule has 0 aliphatic carbocycles. The Morgan fingerprint density at radius 1 is 1.32 bits per heavy atom. The maximum atomic E-state index is 9.66. The molecule has 1 aliphatic heterocycles. The van der Waals surface area contributed by atoms with Crippen LogP contribution in [0.15, 0.2) is 28.7 Å². The van der Waals surface area contributed by atoms with Gasteiger partial charge in [0, 0.05) is 12.5 Å². The molecular weight excluding hydrogens is 244 g/mol. The van der Waals surface area contributed by atoms with Gasteiger partial charge in [-0.3, -0.25) is 0 Å². The predicted octanol–water partition coefficient (Wildman–Crippen LogP) is 1.99. The van der Waals surface area contributed by atoms with Gasteiger partial charge in [-0.15, -0.1) is 5.10 Å². The van der Waals surface area contributed by atoms with E-state index in [-0.39, 0.29) is 11.7 Å². The van der Waals surface area contributed by atoms with Gasteiger partial charge in [0.15, 0.2) is 0 Å². The molecule has 6 nitrogen and oxygen atoms in total. The Kier molecular flexibility index (Phi) is 3.33. The van der Waals surface area contributed by atoms with Crippen molar-refractivity contribution >= 4 is 11.7 Å². The molecular formula is C13H16N4O2. The predicted molar refractivity (Wildman–Crippen MR) is 70.5 cm³/mol. The van der Waals surface area contributed by atoms with Crippen molar-refractivity contribution in [3.05, 3.63) is 30.2 Å². The second-order valence-corrected chi connectivity index (χ2v) is 4.63. The van der Waals surface area contributed by atoms with Crippen molar-refractivity contribution in [2.45, 2.75) is 18.8 Å². The average molecular weight is 260 g/mol. The summed E-state index contributed by atoms with van der Waals surface area (Å²) < 4.78 is 5.60. The van der Waals surface area contributed by atoms with Crippen molar-refractivity contribution in [2.75, 3.05) is 18.4 Å². The van der Waals surface area contributed by atoms with Crippen LogP contribution in [0, 0.1) is 0 Å². The van der Waals surface area contributed by atoms with E-state index in [0.717, 1.165) is 25.9 Å². The topological polar surface area (TPSA) is 83.2 Å². The van der Waals surface area contributed by atoms with Gasteiger partial charge < -0.3 is 20.2 Å². The number of anilines is 2. The van der Waals surface area contributed by atoms with Crippen LogP contribution in [0.3, 0.4) is 0 Å². The highest BCUT2D eigenvalue weighted by atomic mass is 16.4.